The molecule has 0 saturated carbocycles. The quantitative estimate of drug-likeness (QED) is 0.184. The molecule has 0 bridgehead atoms. The molecule has 0 atom stereocenters. The molecule has 0 radical (unpaired) electrons. The maximum atomic E-state index is 6.76. The van der Waals surface area contributed by atoms with Gasteiger partial charge in [-0.3, -0.25) is 0 Å². The van der Waals surface area contributed by atoms with E-state index in [2.05, 4.69) is 195 Å². The fourth-order valence-electron chi connectivity index (χ4n) is 8.37. The van der Waals surface area contributed by atoms with E-state index in [4.69, 9.17) is 4.42 Å². The predicted molar refractivity (Wildman–Crippen MR) is 214 cm³/mol. The molecule has 0 spiro atoms. The van der Waals surface area contributed by atoms with Crippen molar-refractivity contribution in [3.8, 4) is 33.4 Å². The van der Waals surface area contributed by atoms with Crippen LogP contribution in [0.5, 0.6) is 0 Å². The van der Waals surface area contributed by atoms with Crippen LogP contribution in [-0.2, 0) is 5.41 Å². The molecule has 0 N–H and O–H groups in total. The summed E-state index contributed by atoms with van der Waals surface area (Å²) in [5, 5.41) is 4.72. The molecule has 0 aliphatic heterocycles. The zero-order chi connectivity index (χ0) is 34.1. The molecule has 2 heteroatoms. The Bertz CT molecular complexity index is 2770. The van der Waals surface area contributed by atoms with Crippen molar-refractivity contribution >= 4 is 49.8 Å². The lowest BCUT2D eigenvalue weighted by Crippen LogP contribution is -2.16. The highest BCUT2D eigenvalue weighted by Crippen LogP contribution is 2.51. The van der Waals surface area contributed by atoms with Crippen molar-refractivity contribution in [2.24, 2.45) is 0 Å². The van der Waals surface area contributed by atoms with Crippen molar-refractivity contribution in [1.29, 1.82) is 0 Å². The van der Waals surface area contributed by atoms with Crippen LogP contribution in [0.15, 0.2) is 180 Å². The molecule has 0 amide bonds. The Morgan fingerprint density at radius 3 is 1.96 bits per heavy atom. The standard InChI is InChI=1S/C49H35NO/c1-49(2)43-21-10-8-17-38(43)39-29-28-36(31-44(39)49)50(35-26-23-33(24-27-35)32-13-4-3-5-14-32)45-22-11-9-18-40(45)41-19-12-20-42-47-37-16-7-6-15-34(37)25-30-46(47)51-48(41)42/h3-31H,1-2H3. The second kappa shape index (κ2) is 11.3. The Hall–Kier alpha value is -6.38. The summed E-state index contributed by atoms with van der Waals surface area (Å²) in [5.41, 5.74) is 14.9. The zero-order valence-electron chi connectivity index (χ0n) is 28.6. The summed E-state index contributed by atoms with van der Waals surface area (Å²) in [6, 6.07) is 63.6. The molecular weight excluding hydrogens is 619 g/mol. The number of benzene rings is 8. The number of fused-ring (bicyclic) bond motifs is 8. The second-order valence-electron chi connectivity index (χ2n) is 14.1. The molecule has 0 unspecified atom stereocenters. The second-order valence-corrected chi connectivity index (χ2v) is 14.1. The number of para-hydroxylation sites is 2. The summed E-state index contributed by atoms with van der Waals surface area (Å²) in [5.74, 6) is 0. The third kappa shape index (κ3) is 4.57. The lowest BCUT2D eigenvalue weighted by atomic mass is 9.82. The highest BCUT2D eigenvalue weighted by atomic mass is 16.3. The van der Waals surface area contributed by atoms with Crippen LogP contribution in [0.4, 0.5) is 17.1 Å². The Balaban J connectivity index is 1.19. The molecule has 1 aromatic heterocycles. The van der Waals surface area contributed by atoms with Crippen molar-refractivity contribution in [3.63, 3.8) is 0 Å². The van der Waals surface area contributed by atoms with Gasteiger partial charge in [0.05, 0.1) is 5.69 Å². The number of nitrogens with zero attached hydrogens (tertiary/aromatic N) is 1. The lowest BCUT2D eigenvalue weighted by Gasteiger charge is -2.30. The van der Waals surface area contributed by atoms with Crippen molar-refractivity contribution in [2.45, 2.75) is 19.3 Å². The van der Waals surface area contributed by atoms with E-state index in [0.717, 1.165) is 50.1 Å². The molecular formula is C49H35NO. The van der Waals surface area contributed by atoms with Gasteiger partial charge >= 0.3 is 0 Å². The molecule has 1 aliphatic carbocycles. The van der Waals surface area contributed by atoms with Gasteiger partial charge in [-0.2, -0.15) is 0 Å². The van der Waals surface area contributed by atoms with Crippen LogP contribution in [0.1, 0.15) is 25.0 Å². The highest BCUT2D eigenvalue weighted by Gasteiger charge is 2.36. The van der Waals surface area contributed by atoms with E-state index < -0.39 is 0 Å². The summed E-state index contributed by atoms with van der Waals surface area (Å²) in [7, 11) is 0. The number of hydrogen-bond donors (Lipinski definition) is 0. The van der Waals surface area contributed by atoms with Gasteiger partial charge in [-0.1, -0.05) is 153 Å². The average molecular weight is 654 g/mol. The van der Waals surface area contributed by atoms with Gasteiger partial charge in [-0.15, -0.1) is 0 Å². The Morgan fingerprint density at radius 1 is 0.451 bits per heavy atom. The summed E-state index contributed by atoms with van der Waals surface area (Å²) in [4.78, 5) is 2.42. The van der Waals surface area contributed by atoms with Gasteiger partial charge in [-0.05, 0) is 80.6 Å². The molecule has 51 heavy (non-hydrogen) atoms. The van der Waals surface area contributed by atoms with Crippen LogP contribution in [-0.4, -0.2) is 0 Å². The first kappa shape index (κ1) is 29.5. The molecule has 2 nitrogen and oxygen atoms in total. The maximum absolute atomic E-state index is 6.76. The van der Waals surface area contributed by atoms with Crippen LogP contribution in [0.2, 0.25) is 0 Å². The summed E-state index contributed by atoms with van der Waals surface area (Å²) in [6.07, 6.45) is 0. The molecule has 1 aliphatic rings. The minimum Gasteiger partial charge on any atom is -0.455 e. The smallest absolute Gasteiger partial charge is 0.143 e. The summed E-state index contributed by atoms with van der Waals surface area (Å²) in [6.45, 7) is 4.70. The molecule has 9 aromatic rings. The van der Waals surface area contributed by atoms with Gasteiger partial charge in [0, 0.05) is 38.7 Å². The van der Waals surface area contributed by atoms with E-state index in [1.165, 1.54) is 44.2 Å². The first-order valence-corrected chi connectivity index (χ1v) is 17.7. The minimum absolute atomic E-state index is 0.118. The maximum Gasteiger partial charge on any atom is 0.143 e. The predicted octanol–water partition coefficient (Wildman–Crippen LogP) is 13.8. The van der Waals surface area contributed by atoms with Crippen LogP contribution in [0, 0.1) is 0 Å². The van der Waals surface area contributed by atoms with Crippen LogP contribution in [0.3, 0.4) is 0 Å². The highest BCUT2D eigenvalue weighted by molar-refractivity contribution is 6.21. The normalized spacial score (nSPS) is 13.1. The molecule has 0 saturated heterocycles. The van der Waals surface area contributed by atoms with Crippen molar-refractivity contribution in [2.75, 3.05) is 4.90 Å². The van der Waals surface area contributed by atoms with E-state index in [1.54, 1.807) is 0 Å². The monoisotopic (exact) mass is 653 g/mol. The van der Waals surface area contributed by atoms with Crippen LogP contribution < -0.4 is 4.90 Å². The van der Waals surface area contributed by atoms with Gasteiger partial charge in [0.15, 0.2) is 0 Å². The molecule has 1 heterocycles. The number of hydrogen-bond acceptors (Lipinski definition) is 2. The van der Waals surface area contributed by atoms with E-state index in [-0.39, 0.29) is 5.41 Å². The number of anilines is 3. The number of rotatable bonds is 5. The Labute approximate surface area is 297 Å². The van der Waals surface area contributed by atoms with Crippen molar-refractivity contribution in [3.05, 3.63) is 187 Å². The number of furan rings is 1. The van der Waals surface area contributed by atoms with Gasteiger partial charge < -0.3 is 9.32 Å². The third-order valence-corrected chi connectivity index (χ3v) is 10.9. The SMILES string of the molecule is CC1(C)c2ccccc2-c2ccc(N(c3ccc(-c4ccccc4)cc3)c3ccccc3-c3cccc4c3oc3ccc5ccccc5c34)cc21. The van der Waals surface area contributed by atoms with Crippen LogP contribution in [0.25, 0.3) is 66.1 Å². The first-order chi connectivity index (χ1) is 25.1. The average Bonchev–Trinajstić information content (AvgIpc) is 3.68. The van der Waals surface area contributed by atoms with E-state index in [0.29, 0.717) is 0 Å². The Morgan fingerprint density at radius 2 is 1.10 bits per heavy atom. The van der Waals surface area contributed by atoms with E-state index in [1.807, 2.05) is 0 Å². The van der Waals surface area contributed by atoms with Crippen molar-refractivity contribution < 1.29 is 4.42 Å². The fraction of sp³-hybridized carbons (Fsp3) is 0.0612. The minimum atomic E-state index is -0.118. The van der Waals surface area contributed by atoms with Crippen molar-refractivity contribution in [1.82, 2.24) is 0 Å². The molecule has 242 valence electrons. The molecule has 10 rings (SSSR count). The van der Waals surface area contributed by atoms with Gasteiger partial charge in [0.1, 0.15) is 11.2 Å². The zero-order valence-corrected chi connectivity index (χ0v) is 28.6. The third-order valence-electron chi connectivity index (χ3n) is 10.9. The van der Waals surface area contributed by atoms with E-state index in [9.17, 15) is 0 Å². The molecule has 0 fully saturated rings. The Kier molecular flexibility index (Phi) is 6.56. The summed E-state index contributed by atoms with van der Waals surface area (Å²) >= 11 is 0. The van der Waals surface area contributed by atoms with Gasteiger partial charge in [0.2, 0.25) is 0 Å². The van der Waals surface area contributed by atoms with Gasteiger partial charge in [0.25, 0.3) is 0 Å². The summed E-state index contributed by atoms with van der Waals surface area (Å²) < 4.78 is 6.76. The largest absolute Gasteiger partial charge is 0.455 e. The van der Waals surface area contributed by atoms with Gasteiger partial charge in [-0.25, -0.2) is 0 Å². The first-order valence-electron chi connectivity index (χ1n) is 17.7. The molecule has 8 aromatic carbocycles. The topological polar surface area (TPSA) is 16.4 Å². The fourth-order valence-corrected chi connectivity index (χ4v) is 8.37. The lowest BCUT2D eigenvalue weighted by molar-refractivity contribution is 0.660. The van der Waals surface area contributed by atoms with E-state index >= 15 is 0 Å². The van der Waals surface area contributed by atoms with Crippen LogP contribution >= 0.6 is 0 Å².